The molecule has 0 bridgehead atoms. The van der Waals surface area contributed by atoms with Crippen LogP contribution in [0.15, 0.2) is 30.3 Å². The Labute approximate surface area is 156 Å². The molecule has 0 aliphatic heterocycles. The predicted octanol–water partition coefficient (Wildman–Crippen LogP) is 7.04. The van der Waals surface area contributed by atoms with Crippen LogP contribution in [0.3, 0.4) is 0 Å². The van der Waals surface area contributed by atoms with E-state index >= 15 is 0 Å². The molecule has 2 nitrogen and oxygen atoms in total. The van der Waals surface area contributed by atoms with Gasteiger partial charge in [0.15, 0.2) is 0 Å². The van der Waals surface area contributed by atoms with E-state index in [1.165, 1.54) is 12.8 Å². The van der Waals surface area contributed by atoms with Crippen molar-refractivity contribution in [3.8, 4) is 0 Å². The van der Waals surface area contributed by atoms with Crippen LogP contribution in [0.25, 0.3) is 0 Å². The summed E-state index contributed by atoms with van der Waals surface area (Å²) in [6.07, 6.45) is 5.50. The molecule has 2 atom stereocenters. The molecule has 0 heterocycles. The zero-order valence-electron chi connectivity index (χ0n) is 17.5. The highest BCUT2D eigenvalue weighted by Crippen LogP contribution is 2.61. The quantitative estimate of drug-likeness (QED) is 0.415. The molecule has 0 radical (unpaired) electrons. The van der Waals surface area contributed by atoms with Crippen molar-refractivity contribution >= 4 is 12.7 Å². The van der Waals surface area contributed by atoms with E-state index in [0.29, 0.717) is 12.5 Å². The summed E-state index contributed by atoms with van der Waals surface area (Å²) in [4.78, 5) is 0. The summed E-state index contributed by atoms with van der Waals surface area (Å²) < 4.78 is 20.5. The normalized spacial score (nSPS) is 16.4. The van der Waals surface area contributed by atoms with Crippen LogP contribution < -0.4 is 5.30 Å². The summed E-state index contributed by atoms with van der Waals surface area (Å²) in [5, 5.41) is 0.463. The lowest BCUT2D eigenvalue weighted by atomic mass is 9.86. The first-order chi connectivity index (χ1) is 11.6. The van der Waals surface area contributed by atoms with E-state index in [1.807, 2.05) is 30.3 Å². The lowest BCUT2D eigenvalue weighted by molar-refractivity contribution is 0.220. The first-order valence-electron chi connectivity index (χ1n) is 9.86. The standard InChI is InChI=1S/C22H39O2P/c1-8-10-14-19(9-2)17-24-25(23,20-15-12-11-13-16-20)22(6,7)18-21(3,4)5/h11-13,15-16,19H,8-10,14,17-18H2,1-7H3. The molecular weight excluding hydrogens is 327 g/mol. The van der Waals surface area contributed by atoms with E-state index in [-0.39, 0.29) is 5.41 Å². The maximum atomic E-state index is 14.2. The second kappa shape index (κ2) is 9.38. The zero-order valence-corrected chi connectivity index (χ0v) is 18.4. The Morgan fingerprint density at radius 2 is 1.64 bits per heavy atom. The molecule has 0 spiro atoms. The molecule has 0 fully saturated rings. The number of benzene rings is 1. The van der Waals surface area contributed by atoms with Gasteiger partial charge in [-0.25, -0.2) is 0 Å². The summed E-state index contributed by atoms with van der Waals surface area (Å²) in [6.45, 7) is 15.9. The maximum absolute atomic E-state index is 14.2. The van der Waals surface area contributed by atoms with Crippen molar-refractivity contribution in [3.63, 3.8) is 0 Å². The highest BCUT2D eigenvalue weighted by molar-refractivity contribution is 7.68. The van der Waals surface area contributed by atoms with E-state index in [9.17, 15) is 4.57 Å². The van der Waals surface area contributed by atoms with E-state index in [2.05, 4.69) is 48.5 Å². The Balaban J connectivity index is 3.10. The molecule has 0 N–H and O–H groups in total. The molecule has 2 unspecified atom stereocenters. The number of hydrogen-bond donors (Lipinski definition) is 0. The van der Waals surface area contributed by atoms with Crippen LogP contribution in [0.5, 0.6) is 0 Å². The maximum Gasteiger partial charge on any atom is 0.237 e. The van der Waals surface area contributed by atoms with E-state index < -0.39 is 12.5 Å². The molecule has 1 aromatic rings. The van der Waals surface area contributed by atoms with Crippen molar-refractivity contribution in [2.45, 2.75) is 85.7 Å². The van der Waals surface area contributed by atoms with Crippen molar-refractivity contribution in [2.24, 2.45) is 11.3 Å². The zero-order chi connectivity index (χ0) is 19.1. The van der Waals surface area contributed by atoms with E-state index in [4.69, 9.17) is 4.52 Å². The fourth-order valence-corrected chi connectivity index (χ4v) is 6.60. The molecule has 144 valence electrons. The van der Waals surface area contributed by atoms with Gasteiger partial charge in [0.2, 0.25) is 7.37 Å². The minimum absolute atomic E-state index is 0.101. The van der Waals surface area contributed by atoms with Gasteiger partial charge in [0.05, 0.1) is 6.61 Å². The van der Waals surface area contributed by atoms with Crippen molar-refractivity contribution < 1.29 is 9.09 Å². The van der Waals surface area contributed by atoms with Gasteiger partial charge in [0.25, 0.3) is 0 Å². The lowest BCUT2D eigenvalue weighted by Crippen LogP contribution is -2.33. The van der Waals surface area contributed by atoms with Crippen LogP contribution in [0.1, 0.15) is 80.6 Å². The summed E-state index contributed by atoms with van der Waals surface area (Å²) in [6, 6.07) is 9.84. The second-order valence-corrected chi connectivity index (χ2v) is 12.2. The Kier molecular flexibility index (Phi) is 8.42. The van der Waals surface area contributed by atoms with Crippen LogP contribution in [0, 0.1) is 11.3 Å². The number of rotatable bonds is 10. The molecule has 0 saturated heterocycles. The first kappa shape index (κ1) is 22.5. The Bertz CT molecular complexity index is 543. The molecule has 0 aliphatic rings. The highest BCUT2D eigenvalue weighted by atomic mass is 31.2. The Morgan fingerprint density at radius 3 is 2.12 bits per heavy atom. The largest absolute Gasteiger partial charge is 0.325 e. The lowest BCUT2D eigenvalue weighted by Gasteiger charge is -2.39. The first-order valence-corrected chi connectivity index (χ1v) is 11.5. The molecule has 1 aromatic carbocycles. The van der Waals surface area contributed by atoms with Crippen LogP contribution in [0.2, 0.25) is 0 Å². The van der Waals surface area contributed by atoms with E-state index in [1.54, 1.807) is 0 Å². The molecule has 1 rings (SSSR count). The third-order valence-corrected chi connectivity index (χ3v) is 8.13. The van der Waals surface area contributed by atoms with Gasteiger partial charge >= 0.3 is 0 Å². The molecule has 3 heteroatoms. The fourth-order valence-electron chi connectivity index (χ4n) is 3.73. The SMILES string of the molecule is CCCCC(CC)COP(=O)(c1ccccc1)C(C)(C)CC(C)(C)C. The van der Waals surface area contributed by atoms with Gasteiger partial charge in [-0.2, -0.15) is 0 Å². The fraction of sp³-hybridized carbons (Fsp3) is 0.727. The van der Waals surface area contributed by atoms with Gasteiger partial charge in [-0.3, -0.25) is 4.57 Å². The minimum Gasteiger partial charge on any atom is -0.325 e. The van der Waals surface area contributed by atoms with Crippen LogP contribution in [-0.4, -0.2) is 11.8 Å². The van der Waals surface area contributed by atoms with Gasteiger partial charge < -0.3 is 4.52 Å². The Morgan fingerprint density at radius 1 is 1.04 bits per heavy atom. The topological polar surface area (TPSA) is 26.3 Å². The summed E-state index contributed by atoms with van der Waals surface area (Å²) in [5.74, 6) is 0.488. The number of hydrogen-bond acceptors (Lipinski definition) is 2. The minimum atomic E-state index is -2.97. The van der Waals surface area contributed by atoms with Crippen LogP contribution in [0.4, 0.5) is 0 Å². The summed E-state index contributed by atoms with van der Waals surface area (Å²) >= 11 is 0. The summed E-state index contributed by atoms with van der Waals surface area (Å²) in [5.41, 5.74) is 0.101. The van der Waals surface area contributed by atoms with Crippen molar-refractivity contribution in [3.05, 3.63) is 30.3 Å². The molecular formula is C22H39O2P. The molecule has 25 heavy (non-hydrogen) atoms. The second-order valence-electron chi connectivity index (χ2n) is 9.15. The molecule has 0 aromatic heterocycles. The monoisotopic (exact) mass is 366 g/mol. The van der Waals surface area contributed by atoms with Crippen LogP contribution in [-0.2, 0) is 9.09 Å². The van der Waals surface area contributed by atoms with Crippen molar-refractivity contribution in [1.82, 2.24) is 0 Å². The van der Waals surface area contributed by atoms with Crippen molar-refractivity contribution in [1.29, 1.82) is 0 Å². The Hall–Kier alpha value is -0.590. The average Bonchev–Trinajstić information content (AvgIpc) is 2.53. The number of unbranched alkanes of at least 4 members (excludes halogenated alkanes) is 1. The molecule has 0 amide bonds. The van der Waals surface area contributed by atoms with E-state index in [0.717, 1.165) is 24.6 Å². The average molecular weight is 367 g/mol. The predicted molar refractivity (Wildman–Crippen MR) is 111 cm³/mol. The van der Waals surface area contributed by atoms with Crippen molar-refractivity contribution in [2.75, 3.05) is 6.61 Å². The smallest absolute Gasteiger partial charge is 0.237 e. The van der Waals surface area contributed by atoms with Gasteiger partial charge in [0, 0.05) is 10.5 Å². The van der Waals surface area contributed by atoms with Gasteiger partial charge in [-0.1, -0.05) is 85.9 Å². The van der Waals surface area contributed by atoms with Gasteiger partial charge in [-0.05, 0) is 36.3 Å². The van der Waals surface area contributed by atoms with Crippen LogP contribution >= 0.6 is 7.37 Å². The van der Waals surface area contributed by atoms with Gasteiger partial charge in [-0.15, -0.1) is 0 Å². The highest BCUT2D eigenvalue weighted by Gasteiger charge is 2.45. The third-order valence-electron chi connectivity index (χ3n) is 4.89. The summed E-state index contributed by atoms with van der Waals surface area (Å²) in [7, 11) is -2.97. The van der Waals surface area contributed by atoms with Gasteiger partial charge in [0.1, 0.15) is 0 Å². The third kappa shape index (κ3) is 6.57. The molecule has 0 aliphatic carbocycles. The molecule has 0 saturated carbocycles.